The van der Waals surface area contributed by atoms with Crippen molar-refractivity contribution in [3.63, 3.8) is 0 Å². The van der Waals surface area contributed by atoms with Gasteiger partial charge in [-0.1, -0.05) is 60.7 Å². The van der Waals surface area contributed by atoms with Crippen LogP contribution >= 0.6 is 0 Å². The van der Waals surface area contributed by atoms with Crippen LogP contribution in [0, 0.1) is 17.8 Å². The Labute approximate surface area is 180 Å². The van der Waals surface area contributed by atoms with Crippen molar-refractivity contribution < 1.29 is 9.59 Å². The highest BCUT2D eigenvalue weighted by atomic mass is 16.2. The molecule has 2 bridgehead atoms. The molecule has 1 fully saturated rings. The minimum atomic E-state index is -0.102. The molecule has 0 saturated heterocycles. The Balaban J connectivity index is 1.18. The van der Waals surface area contributed by atoms with Crippen molar-refractivity contribution in [1.82, 2.24) is 10.6 Å². The highest BCUT2D eigenvalue weighted by Gasteiger charge is 2.39. The van der Waals surface area contributed by atoms with Crippen LogP contribution in [-0.2, 0) is 4.79 Å². The van der Waals surface area contributed by atoms with Gasteiger partial charge in [-0.3, -0.25) is 9.59 Å². The van der Waals surface area contributed by atoms with E-state index in [2.05, 4.69) is 59.2 Å². The van der Waals surface area contributed by atoms with Crippen molar-refractivity contribution in [1.29, 1.82) is 0 Å². The number of fused-ring (bicyclic) bond motifs is 2. The summed E-state index contributed by atoms with van der Waals surface area (Å²) in [6.07, 6.45) is 6.50. The van der Waals surface area contributed by atoms with E-state index in [4.69, 9.17) is 0 Å². The van der Waals surface area contributed by atoms with E-state index in [0.29, 0.717) is 30.5 Å². The van der Waals surface area contributed by atoms with Crippen molar-refractivity contribution in [3.8, 4) is 0 Å². The summed E-state index contributed by atoms with van der Waals surface area (Å²) in [4.78, 5) is 25.4. The van der Waals surface area contributed by atoms with Crippen molar-refractivity contribution in [2.45, 2.75) is 12.8 Å². The number of carbonyl (C=O) groups is 2. The Morgan fingerprint density at radius 2 is 1.48 bits per heavy atom. The molecule has 154 valence electrons. The molecule has 2 aliphatic carbocycles. The minimum Gasteiger partial charge on any atom is -0.354 e. The number of amides is 2. The summed E-state index contributed by atoms with van der Waals surface area (Å²) in [6, 6.07) is 18.6. The van der Waals surface area contributed by atoms with Crippen molar-refractivity contribution in [2.24, 2.45) is 17.8 Å². The molecule has 4 nitrogen and oxygen atoms in total. The van der Waals surface area contributed by atoms with Gasteiger partial charge < -0.3 is 10.6 Å². The lowest BCUT2D eigenvalue weighted by molar-refractivity contribution is -0.125. The topological polar surface area (TPSA) is 58.2 Å². The molecule has 0 heterocycles. The number of rotatable bonds is 5. The van der Waals surface area contributed by atoms with Crippen LogP contribution in [0.4, 0.5) is 0 Å². The molecular weight excluding hydrogens is 384 g/mol. The van der Waals surface area contributed by atoms with Gasteiger partial charge in [0.05, 0.1) is 0 Å². The number of allylic oxidation sites excluding steroid dienone is 2. The summed E-state index contributed by atoms with van der Waals surface area (Å²) in [5.41, 5.74) is 0.676. The molecule has 2 N–H and O–H groups in total. The van der Waals surface area contributed by atoms with E-state index in [1.807, 2.05) is 18.2 Å². The van der Waals surface area contributed by atoms with Gasteiger partial charge in [0, 0.05) is 24.6 Å². The number of benzene rings is 4. The Morgan fingerprint density at radius 3 is 2.23 bits per heavy atom. The van der Waals surface area contributed by atoms with Crippen molar-refractivity contribution in [2.75, 3.05) is 13.1 Å². The number of carbonyl (C=O) groups excluding carboxylic acids is 2. The highest BCUT2D eigenvalue weighted by molar-refractivity contribution is 6.26. The van der Waals surface area contributed by atoms with Crippen LogP contribution in [-0.4, -0.2) is 24.9 Å². The molecule has 1 saturated carbocycles. The van der Waals surface area contributed by atoms with Gasteiger partial charge in [-0.25, -0.2) is 0 Å². The van der Waals surface area contributed by atoms with Gasteiger partial charge in [0.15, 0.2) is 0 Å². The zero-order valence-corrected chi connectivity index (χ0v) is 17.2. The summed E-state index contributed by atoms with van der Waals surface area (Å²) >= 11 is 0. The first-order chi connectivity index (χ1) is 15.2. The Hall–Kier alpha value is -3.40. The molecule has 2 amide bonds. The van der Waals surface area contributed by atoms with E-state index in [9.17, 15) is 9.59 Å². The van der Waals surface area contributed by atoms with Crippen LogP contribution in [0.25, 0.3) is 32.3 Å². The fourth-order valence-electron chi connectivity index (χ4n) is 5.60. The molecule has 3 atom stereocenters. The summed E-state index contributed by atoms with van der Waals surface area (Å²) in [6.45, 7) is 0.872. The lowest BCUT2D eigenvalue weighted by atomic mass is 9.92. The molecule has 4 aromatic carbocycles. The van der Waals surface area contributed by atoms with Gasteiger partial charge in [-0.15, -0.1) is 0 Å². The van der Waals surface area contributed by atoms with E-state index in [1.165, 1.54) is 16.2 Å². The quantitative estimate of drug-likeness (QED) is 0.287. The second-order valence-corrected chi connectivity index (χ2v) is 8.90. The van der Waals surface area contributed by atoms with E-state index >= 15 is 0 Å². The molecule has 0 radical (unpaired) electrons. The monoisotopic (exact) mass is 408 g/mol. The third-order valence-electron chi connectivity index (χ3n) is 7.10. The summed E-state index contributed by atoms with van der Waals surface area (Å²) in [5, 5.41) is 12.8. The second-order valence-electron chi connectivity index (χ2n) is 8.90. The summed E-state index contributed by atoms with van der Waals surface area (Å²) < 4.78 is 0. The summed E-state index contributed by atoms with van der Waals surface area (Å²) in [5.74, 6) is 1.10. The van der Waals surface area contributed by atoms with E-state index in [-0.39, 0.29) is 17.7 Å². The fraction of sp³-hybridized carbons (Fsp3) is 0.259. The zero-order valence-electron chi connectivity index (χ0n) is 17.2. The van der Waals surface area contributed by atoms with Gasteiger partial charge in [0.2, 0.25) is 5.91 Å². The van der Waals surface area contributed by atoms with Gasteiger partial charge in [-0.05, 0) is 63.1 Å². The van der Waals surface area contributed by atoms with Gasteiger partial charge in [0.25, 0.3) is 5.91 Å². The molecule has 3 unspecified atom stereocenters. The zero-order chi connectivity index (χ0) is 20.9. The molecule has 0 aliphatic heterocycles. The summed E-state index contributed by atoms with van der Waals surface area (Å²) in [7, 11) is 0. The lowest BCUT2D eigenvalue weighted by Gasteiger charge is -2.18. The number of hydrogen-bond acceptors (Lipinski definition) is 2. The average Bonchev–Trinajstić information content (AvgIpc) is 3.44. The molecule has 31 heavy (non-hydrogen) atoms. The maximum atomic E-state index is 13.0. The third-order valence-corrected chi connectivity index (χ3v) is 7.10. The smallest absolute Gasteiger partial charge is 0.251 e. The Morgan fingerprint density at radius 1 is 0.774 bits per heavy atom. The number of hydrogen-bond donors (Lipinski definition) is 2. The first kappa shape index (κ1) is 18.4. The van der Waals surface area contributed by atoms with Crippen LogP contribution in [0.5, 0.6) is 0 Å². The first-order valence-electron chi connectivity index (χ1n) is 11.1. The SMILES string of the molecule is O=C(NCCNC(=O)C1CC2C=CC1C2)c1ccc2ccc3cccc4ccc1c2c34. The van der Waals surface area contributed by atoms with Gasteiger partial charge in [0.1, 0.15) is 0 Å². The van der Waals surface area contributed by atoms with Crippen molar-refractivity contribution >= 4 is 44.1 Å². The van der Waals surface area contributed by atoms with E-state index < -0.39 is 0 Å². The van der Waals surface area contributed by atoms with Crippen LogP contribution in [0.1, 0.15) is 23.2 Å². The highest BCUT2D eigenvalue weighted by Crippen LogP contribution is 2.43. The molecule has 4 aromatic rings. The molecule has 2 aliphatic rings. The molecule has 0 aromatic heterocycles. The standard InChI is InChI=1S/C27H24N2O2/c30-26(28-12-13-29-27(31)23-15-16-4-5-20(23)14-16)22-11-9-19-7-6-17-2-1-3-18-8-10-21(22)25(19)24(17)18/h1-11,16,20,23H,12-15H2,(H,28,30)(H,29,31). The van der Waals surface area contributed by atoms with Gasteiger partial charge >= 0.3 is 0 Å². The molecule has 0 spiro atoms. The maximum Gasteiger partial charge on any atom is 0.251 e. The minimum absolute atomic E-state index is 0.100. The predicted molar refractivity (Wildman–Crippen MR) is 124 cm³/mol. The molecule has 6 rings (SSSR count). The van der Waals surface area contributed by atoms with Gasteiger partial charge in [-0.2, -0.15) is 0 Å². The predicted octanol–water partition coefficient (Wildman–Crippen LogP) is 4.64. The second kappa shape index (κ2) is 7.09. The number of nitrogens with one attached hydrogen (secondary N) is 2. The van der Waals surface area contributed by atoms with Crippen LogP contribution in [0.15, 0.2) is 66.7 Å². The average molecular weight is 409 g/mol. The normalized spacial score (nSPS) is 22.0. The first-order valence-corrected chi connectivity index (χ1v) is 11.1. The third kappa shape index (κ3) is 2.97. The lowest BCUT2D eigenvalue weighted by Crippen LogP contribution is -2.38. The Bertz CT molecular complexity index is 1340. The van der Waals surface area contributed by atoms with Crippen molar-refractivity contribution in [3.05, 3.63) is 72.3 Å². The van der Waals surface area contributed by atoms with E-state index in [0.717, 1.165) is 29.0 Å². The van der Waals surface area contributed by atoms with Crippen LogP contribution in [0.3, 0.4) is 0 Å². The Kier molecular flexibility index (Phi) is 4.20. The van der Waals surface area contributed by atoms with E-state index in [1.54, 1.807) is 0 Å². The van der Waals surface area contributed by atoms with Crippen LogP contribution < -0.4 is 10.6 Å². The largest absolute Gasteiger partial charge is 0.354 e. The maximum absolute atomic E-state index is 13.0. The molecule has 4 heteroatoms. The van der Waals surface area contributed by atoms with Crippen LogP contribution in [0.2, 0.25) is 0 Å². The fourth-order valence-corrected chi connectivity index (χ4v) is 5.60. The molecular formula is C27H24N2O2.